The topological polar surface area (TPSA) is 70.6 Å². The predicted molar refractivity (Wildman–Crippen MR) is 122 cm³/mol. The molecule has 30 heavy (non-hydrogen) atoms. The summed E-state index contributed by atoms with van der Waals surface area (Å²) in [6, 6.07) is 26.6. The van der Waals surface area contributed by atoms with E-state index in [1.165, 1.54) is 0 Å². The first-order valence-electron chi connectivity index (χ1n) is 9.51. The van der Waals surface area contributed by atoms with Gasteiger partial charge < -0.3 is 5.32 Å². The number of amides is 2. The molecule has 152 valence electrons. The lowest BCUT2D eigenvalue weighted by Gasteiger charge is -2.17. The molecule has 0 atom stereocenters. The van der Waals surface area contributed by atoms with Gasteiger partial charge in [0.15, 0.2) is 0 Å². The molecule has 0 heterocycles. The molecule has 0 radical (unpaired) electrons. The van der Waals surface area contributed by atoms with Crippen LogP contribution in [0.3, 0.4) is 0 Å². The lowest BCUT2D eigenvalue weighted by atomic mass is 9.90. The molecule has 2 amide bonds. The number of halogens is 1. The van der Waals surface area contributed by atoms with E-state index in [1.54, 1.807) is 0 Å². The Hall–Kier alpha value is -3.25. The third-order valence-electron chi connectivity index (χ3n) is 4.54. The monoisotopic (exact) mass is 463 g/mol. The Morgan fingerprint density at radius 1 is 0.900 bits per heavy atom. The van der Waals surface area contributed by atoms with E-state index < -0.39 is 11.8 Å². The normalized spacial score (nSPS) is 11.2. The number of nitrogens with zero attached hydrogens (tertiary/aromatic N) is 1. The van der Waals surface area contributed by atoms with Crippen LogP contribution in [0.15, 0.2) is 94.5 Å². The van der Waals surface area contributed by atoms with Gasteiger partial charge in [-0.25, -0.2) is 5.43 Å². The minimum absolute atomic E-state index is 0.162. The number of nitrogens with one attached hydrogen (secondary N) is 2. The Morgan fingerprint density at radius 2 is 1.50 bits per heavy atom. The number of hydrogen-bond acceptors (Lipinski definition) is 3. The van der Waals surface area contributed by atoms with Crippen LogP contribution < -0.4 is 10.7 Å². The lowest BCUT2D eigenvalue weighted by Crippen LogP contribution is -2.38. The van der Waals surface area contributed by atoms with Gasteiger partial charge in [0.05, 0.1) is 18.2 Å². The Kier molecular flexibility index (Phi) is 7.51. The van der Waals surface area contributed by atoms with Gasteiger partial charge in [-0.05, 0) is 35.7 Å². The molecular weight excluding hydrogens is 442 g/mol. The van der Waals surface area contributed by atoms with Gasteiger partial charge in [0, 0.05) is 4.47 Å². The highest BCUT2D eigenvalue weighted by molar-refractivity contribution is 9.10. The summed E-state index contributed by atoms with van der Waals surface area (Å²) in [5.41, 5.74) is 5.78. The third-order valence-corrected chi connectivity index (χ3v) is 5.04. The van der Waals surface area contributed by atoms with Gasteiger partial charge in [0.1, 0.15) is 0 Å². The zero-order valence-corrected chi connectivity index (χ0v) is 18.1. The van der Waals surface area contributed by atoms with Crippen LogP contribution >= 0.6 is 15.9 Å². The van der Waals surface area contributed by atoms with Gasteiger partial charge in [-0.1, -0.05) is 88.7 Å². The molecule has 0 aliphatic rings. The minimum atomic E-state index is -0.493. The van der Waals surface area contributed by atoms with E-state index in [4.69, 9.17) is 0 Å². The fourth-order valence-electron chi connectivity index (χ4n) is 3.02. The van der Waals surface area contributed by atoms with Crippen molar-refractivity contribution in [2.75, 3.05) is 6.54 Å². The number of carbonyl (C=O) groups is 2. The molecular formula is C24H22BrN3O2. The quantitative estimate of drug-likeness (QED) is 0.406. The zero-order valence-electron chi connectivity index (χ0n) is 16.5. The Labute approximate surface area is 184 Å². The van der Waals surface area contributed by atoms with E-state index in [2.05, 4.69) is 31.8 Å². The Bertz CT molecular complexity index is 997. The second kappa shape index (κ2) is 10.5. The van der Waals surface area contributed by atoms with Gasteiger partial charge in [0.25, 0.3) is 5.91 Å². The van der Waals surface area contributed by atoms with Crippen molar-refractivity contribution in [2.24, 2.45) is 5.10 Å². The summed E-state index contributed by atoms with van der Waals surface area (Å²) in [4.78, 5) is 25.1. The maximum absolute atomic E-state index is 12.9. The van der Waals surface area contributed by atoms with E-state index in [9.17, 15) is 9.59 Å². The maximum atomic E-state index is 12.9. The van der Waals surface area contributed by atoms with Crippen molar-refractivity contribution in [3.05, 3.63) is 106 Å². The summed E-state index contributed by atoms with van der Waals surface area (Å²) in [5, 5.41) is 6.84. The van der Waals surface area contributed by atoms with E-state index in [1.807, 2.05) is 91.9 Å². The molecule has 3 rings (SSSR count). The first-order chi connectivity index (χ1) is 14.5. The van der Waals surface area contributed by atoms with Crippen molar-refractivity contribution >= 4 is 33.5 Å². The largest absolute Gasteiger partial charge is 0.346 e. The van der Waals surface area contributed by atoms with E-state index >= 15 is 0 Å². The summed E-state index contributed by atoms with van der Waals surface area (Å²) >= 11 is 3.41. The molecule has 0 aliphatic heterocycles. The van der Waals surface area contributed by atoms with Crippen LogP contribution in [0.4, 0.5) is 0 Å². The van der Waals surface area contributed by atoms with Gasteiger partial charge >= 0.3 is 0 Å². The molecule has 0 aromatic heterocycles. The standard InChI is InChI=1S/C24H22BrN3O2/c1-17(20-13-8-14-21(25)15-20)27-28-22(29)16-26-24(30)23(18-9-4-2-5-10-18)19-11-6-3-7-12-19/h2-15,23H,16H2,1H3,(H,26,30)(H,28,29)/b27-17+. The van der Waals surface area contributed by atoms with Crippen LogP contribution in [0.1, 0.15) is 29.5 Å². The van der Waals surface area contributed by atoms with Gasteiger partial charge in [-0.2, -0.15) is 5.10 Å². The third kappa shape index (κ3) is 5.87. The van der Waals surface area contributed by atoms with Crippen LogP contribution in [0, 0.1) is 0 Å². The predicted octanol–water partition coefficient (Wildman–Crippen LogP) is 4.24. The van der Waals surface area contributed by atoms with E-state index in [0.29, 0.717) is 5.71 Å². The Morgan fingerprint density at radius 3 is 2.07 bits per heavy atom. The molecule has 0 unspecified atom stereocenters. The van der Waals surface area contributed by atoms with Gasteiger partial charge in [-0.15, -0.1) is 0 Å². The second-order valence-electron chi connectivity index (χ2n) is 6.71. The highest BCUT2D eigenvalue weighted by Crippen LogP contribution is 2.24. The van der Waals surface area contributed by atoms with Crippen LogP contribution in [-0.2, 0) is 9.59 Å². The molecule has 5 nitrogen and oxygen atoms in total. The van der Waals surface area contributed by atoms with Crippen LogP contribution in [-0.4, -0.2) is 24.1 Å². The molecule has 0 spiro atoms. The molecule has 0 fully saturated rings. The highest BCUT2D eigenvalue weighted by atomic mass is 79.9. The summed E-state index contributed by atoms with van der Waals surface area (Å²) in [7, 11) is 0. The summed E-state index contributed by atoms with van der Waals surface area (Å²) in [6.45, 7) is 1.64. The van der Waals surface area contributed by atoms with E-state index in [-0.39, 0.29) is 12.5 Å². The Balaban J connectivity index is 1.64. The molecule has 2 N–H and O–H groups in total. The molecule has 3 aromatic carbocycles. The molecule has 0 saturated heterocycles. The lowest BCUT2D eigenvalue weighted by molar-refractivity contribution is -0.126. The van der Waals surface area contributed by atoms with Gasteiger partial charge in [0.2, 0.25) is 5.91 Å². The molecule has 3 aromatic rings. The average Bonchev–Trinajstić information content (AvgIpc) is 2.77. The average molecular weight is 464 g/mol. The SMILES string of the molecule is C/C(=N\NC(=O)CNC(=O)C(c1ccccc1)c1ccccc1)c1cccc(Br)c1. The van der Waals surface area contributed by atoms with Crippen LogP contribution in [0.2, 0.25) is 0 Å². The molecule has 0 saturated carbocycles. The smallest absolute Gasteiger partial charge is 0.259 e. The zero-order chi connectivity index (χ0) is 21.3. The van der Waals surface area contributed by atoms with Crippen molar-refractivity contribution in [1.82, 2.24) is 10.7 Å². The number of hydrazone groups is 1. The first kappa shape index (κ1) is 21.5. The fraction of sp³-hybridized carbons (Fsp3) is 0.125. The van der Waals surface area contributed by atoms with Crippen molar-refractivity contribution in [2.45, 2.75) is 12.8 Å². The van der Waals surface area contributed by atoms with Crippen molar-refractivity contribution in [3.63, 3.8) is 0 Å². The second-order valence-corrected chi connectivity index (χ2v) is 7.63. The van der Waals surface area contributed by atoms with Crippen LogP contribution in [0.5, 0.6) is 0 Å². The summed E-state index contributed by atoms with van der Waals surface area (Å²) in [6.07, 6.45) is 0. The van der Waals surface area contributed by atoms with E-state index in [0.717, 1.165) is 21.2 Å². The van der Waals surface area contributed by atoms with Crippen LogP contribution in [0.25, 0.3) is 0 Å². The van der Waals surface area contributed by atoms with Crippen molar-refractivity contribution in [1.29, 1.82) is 0 Å². The fourth-order valence-corrected chi connectivity index (χ4v) is 3.42. The van der Waals surface area contributed by atoms with Crippen molar-refractivity contribution in [3.8, 4) is 0 Å². The molecule has 0 aliphatic carbocycles. The first-order valence-corrected chi connectivity index (χ1v) is 10.3. The van der Waals surface area contributed by atoms with Crippen molar-refractivity contribution < 1.29 is 9.59 Å². The molecule has 6 heteroatoms. The number of carbonyl (C=O) groups excluding carboxylic acids is 2. The van der Waals surface area contributed by atoms with Gasteiger partial charge in [-0.3, -0.25) is 9.59 Å². The highest BCUT2D eigenvalue weighted by Gasteiger charge is 2.22. The number of hydrogen-bond donors (Lipinski definition) is 2. The molecule has 0 bridgehead atoms. The summed E-state index contributed by atoms with van der Waals surface area (Å²) < 4.78 is 0.931. The number of benzene rings is 3. The number of rotatable bonds is 7. The summed E-state index contributed by atoms with van der Waals surface area (Å²) in [5.74, 6) is -1.13. The minimum Gasteiger partial charge on any atom is -0.346 e. The maximum Gasteiger partial charge on any atom is 0.259 e.